The maximum atomic E-state index is 9.76. The van der Waals surface area contributed by atoms with Crippen molar-refractivity contribution in [3.05, 3.63) is 30.1 Å². The number of hydrogen-bond donors (Lipinski definition) is 2. The van der Waals surface area contributed by atoms with Gasteiger partial charge in [-0.2, -0.15) is 0 Å². The van der Waals surface area contributed by atoms with Crippen LogP contribution < -0.4 is 5.32 Å². The van der Waals surface area contributed by atoms with Crippen molar-refractivity contribution in [3.8, 4) is 0 Å². The lowest BCUT2D eigenvalue weighted by molar-refractivity contribution is 0.160. The molecule has 15 heavy (non-hydrogen) atoms. The Kier molecular flexibility index (Phi) is 4.24. The van der Waals surface area contributed by atoms with Gasteiger partial charge in [-0.05, 0) is 32.9 Å². The van der Waals surface area contributed by atoms with Crippen LogP contribution in [0.4, 0.5) is 0 Å². The molecule has 0 aromatic carbocycles. The minimum atomic E-state index is -0.376. The first kappa shape index (κ1) is 12.1. The predicted molar refractivity (Wildman–Crippen MR) is 61.7 cm³/mol. The second kappa shape index (κ2) is 5.24. The molecule has 0 fully saturated rings. The molecule has 0 spiro atoms. The molecule has 0 aliphatic heterocycles. The highest BCUT2D eigenvalue weighted by molar-refractivity contribution is 5.04. The normalized spacial score (nSPS) is 13.9. The molecule has 3 nitrogen and oxygen atoms in total. The quantitative estimate of drug-likeness (QED) is 0.785. The number of aliphatic hydroxyl groups is 1. The largest absolute Gasteiger partial charge is 0.391 e. The summed E-state index contributed by atoms with van der Waals surface area (Å²) in [5, 5.41) is 13.0. The Morgan fingerprint density at radius 1 is 1.40 bits per heavy atom. The zero-order valence-corrected chi connectivity index (χ0v) is 9.70. The summed E-state index contributed by atoms with van der Waals surface area (Å²) in [6.45, 7) is 6.85. The molecule has 0 amide bonds. The smallest absolute Gasteiger partial charge is 0.0720 e. The van der Waals surface area contributed by atoms with Crippen LogP contribution >= 0.6 is 0 Å². The van der Waals surface area contributed by atoms with Crippen LogP contribution in [-0.2, 0) is 6.42 Å². The van der Waals surface area contributed by atoms with Crippen molar-refractivity contribution in [1.82, 2.24) is 10.3 Å². The van der Waals surface area contributed by atoms with Gasteiger partial charge in [0.1, 0.15) is 0 Å². The van der Waals surface area contributed by atoms with Crippen molar-refractivity contribution in [3.63, 3.8) is 0 Å². The van der Waals surface area contributed by atoms with Gasteiger partial charge in [0.25, 0.3) is 0 Å². The Morgan fingerprint density at radius 3 is 2.67 bits per heavy atom. The van der Waals surface area contributed by atoms with E-state index in [1.54, 1.807) is 6.20 Å². The highest BCUT2D eigenvalue weighted by Gasteiger charge is 2.12. The van der Waals surface area contributed by atoms with Crippen molar-refractivity contribution < 1.29 is 5.11 Å². The second-order valence-electron chi connectivity index (χ2n) is 4.81. The van der Waals surface area contributed by atoms with Crippen LogP contribution in [0.15, 0.2) is 24.4 Å². The fourth-order valence-electron chi connectivity index (χ4n) is 1.26. The number of pyridine rings is 1. The van der Waals surface area contributed by atoms with Gasteiger partial charge in [-0.1, -0.05) is 6.07 Å². The van der Waals surface area contributed by atoms with Crippen LogP contribution in [0.25, 0.3) is 0 Å². The van der Waals surface area contributed by atoms with Gasteiger partial charge < -0.3 is 10.4 Å². The maximum Gasteiger partial charge on any atom is 0.0720 e. The third-order valence-electron chi connectivity index (χ3n) is 2.04. The fraction of sp³-hybridized carbons (Fsp3) is 0.583. The second-order valence-corrected chi connectivity index (χ2v) is 4.81. The standard InChI is InChI=1S/C12H20N2O/c1-12(2,3)14-9-11(15)8-10-6-4-5-7-13-10/h4-7,11,14-15H,8-9H2,1-3H3. The molecule has 0 bridgehead atoms. The highest BCUT2D eigenvalue weighted by atomic mass is 16.3. The molecule has 1 aromatic rings. The maximum absolute atomic E-state index is 9.76. The monoisotopic (exact) mass is 208 g/mol. The summed E-state index contributed by atoms with van der Waals surface area (Å²) in [5.41, 5.74) is 0.978. The number of rotatable bonds is 4. The number of aliphatic hydroxyl groups excluding tert-OH is 1. The van der Waals surface area contributed by atoms with Crippen molar-refractivity contribution in [2.45, 2.75) is 38.8 Å². The van der Waals surface area contributed by atoms with Crippen molar-refractivity contribution in [2.24, 2.45) is 0 Å². The Balaban J connectivity index is 2.34. The minimum absolute atomic E-state index is 0.0467. The molecule has 1 atom stereocenters. The van der Waals surface area contributed by atoms with Crippen LogP contribution in [0.1, 0.15) is 26.5 Å². The van der Waals surface area contributed by atoms with E-state index in [1.807, 2.05) is 18.2 Å². The van der Waals surface area contributed by atoms with Crippen LogP contribution in [0.3, 0.4) is 0 Å². The van der Waals surface area contributed by atoms with Crippen LogP contribution in [0.5, 0.6) is 0 Å². The van der Waals surface area contributed by atoms with E-state index in [4.69, 9.17) is 0 Å². The lowest BCUT2D eigenvalue weighted by Gasteiger charge is -2.22. The Morgan fingerprint density at radius 2 is 2.13 bits per heavy atom. The molecular weight excluding hydrogens is 188 g/mol. The first-order valence-corrected chi connectivity index (χ1v) is 5.30. The molecule has 3 heteroatoms. The predicted octanol–water partition coefficient (Wildman–Crippen LogP) is 1.37. The van der Waals surface area contributed by atoms with Gasteiger partial charge in [0, 0.05) is 30.4 Å². The summed E-state index contributed by atoms with van der Waals surface area (Å²) in [5.74, 6) is 0. The molecule has 1 unspecified atom stereocenters. The van der Waals surface area contributed by atoms with Gasteiger partial charge in [-0.3, -0.25) is 4.98 Å². The Hall–Kier alpha value is -0.930. The van der Waals surface area contributed by atoms with E-state index < -0.39 is 0 Å². The molecule has 1 heterocycles. The summed E-state index contributed by atoms with van der Waals surface area (Å²) in [7, 11) is 0. The summed E-state index contributed by atoms with van der Waals surface area (Å²) in [6, 6.07) is 5.75. The molecule has 1 aromatic heterocycles. The molecule has 0 aliphatic carbocycles. The molecule has 0 saturated heterocycles. The number of nitrogens with one attached hydrogen (secondary N) is 1. The number of aromatic nitrogens is 1. The third kappa shape index (κ3) is 5.50. The van der Waals surface area contributed by atoms with E-state index in [0.29, 0.717) is 13.0 Å². The van der Waals surface area contributed by atoms with E-state index >= 15 is 0 Å². The average molecular weight is 208 g/mol. The first-order valence-electron chi connectivity index (χ1n) is 5.30. The number of β-amino-alcohol motifs (C(OH)–C–C–N with tert-alkyl or cyclic N) is 1. The third-order valence-corrected chi connectivity index (χ3v) is 2.04. The van der Waals surface area contributed by atoms with Crippen LogP contribution in [-0.4, -0.2) is 28.3 Å². The van der Waals surface area contributed by atoms with E-state index in [-0.39, 0.29) is 11.6 Å². The Labute approximate surface area is 91.5 Å². The topological polar surface area (TPSA) is 45.1 Å². The van der Waals surface area contributed by atoms with Gasteiger partial charge in [0.05, 0.1) is 6.10 Å². The number of hydrogen-bond acceptors (Lipinski definition) is 3. The molecule has 0 aliphatic rings. The van der Waals surface area contributed by atoms with E-state index in [2.05, 4.69) is 31.1 Å². The average Bonchev–Trinajstić information content (AvgIpc) is 2.15. The van der Waals surface area contributed by atoms with Gasteiger partial charge in [-0.15, -0.1) is 0 Å². The molecule has 0 saturated carbocycles. The molecule has 2 N–H and O–H groups in total. The highest BCUT2D eigenvalue weighted by Crippen LogP contribution is 2.02. The summed E-state index contributed by atoms with van der Waals surface area (Å²) in [6.07, 6.45) is 1.97. The van der Waals surface area contributed by atoms with Crippen molar-refractivity contribution in [2.75, 3.05) is 6.54 Å². The Bertz CT molecular complexity index is 279. The first-order chi connectivity index (χ1) is 6.97. The van der Waals surface area contributed by atoms with Gasteiger partial charge in [-0.25, -0.2) is 0 Å². The van der Waals surface area contributed by atoms with Gasteiger partial charge in [0.15, 0.2) is 0 Å². The molecule has 0 radical (unpaired) electrons. The van der Waals surface area contributed by atoms with E-state index in [9.17, 15) is 5.11 Å². The van der Waals surface area contributed by atoms with Crippen molar-refractivity contribution >= 4 is 0 Å². The fourth-order valence-corrected chi connectivity index (χ4v) is 1.26. The lowest BCUT2D eigenvalue weighted by Crippen LogP contribution is -2.41. The molecule has 84 valence electrons. The van der Waals surface area contributed by atoms with E-state index in [1.165, 1.54) is 0 Å². The summed E-state index contributed by atoms with van der Waals surface area (Å²) in [4.78, 5) is 4.18. The zero-order chi connectivity index (χ0) is 11.3. The van der Waals surface area contributed by atoms with Gasteiger partial charge in [0.2, 0.25) is 0 Å². The van der Waals surface area contributed by atoms with Crippen LogP contribution in [0, 0.1) is 0 Å². The van der Waals surface area contributed by atoms with E-state index in [0.717, 1.165) is 5.69 Å². The molecule has 1 rings (SSSR count). The SMILES string of the molecule is CC(C)(C)NCC(O)Cc1ccccn1. The minimum Gasteiger partial charge on any atom is -0.391 e. The van der Waals surface area contributed by atoms with Crippen molar-refractivity contribution in [1.29, 1.82) is 0 Å². The lowest BCUT2D eigenvalue weighted by atomic mass is 10.1. The molecular formula is C12H20N2O. The summed E-state index contributed by atoms with van der Waals surface area (Å²) < 4.78 is 0. The zero-order valence-electron chi connectivity index (χ0n) is 9.70. The van der Waals surface area contributed by atoms with Gasteiger partial charge >= 0.3 is 0 Å². The number of nitrogens with zero attached hydrogens (tertiary/aromatic N) is 1. The summed E-state index contributed by atoms with van der Waals surface area (Å²) >= 11 is 0. The van der Waals surface area contributed by atoms with Crippen LogP contribution in [0.2, 0.25) is 0 Å².